The average molecular weight is 389 g/mol. The van der Waals surface area contributed by atoms with Crippen molar-refractivity contribution in [2.24, 2.45) is 0 Å². The van der Waals surface area contributed by atoms with Crippen LogP contribution in [0.4, 0.5) is 4.79 Å². The summed E-state index contributed by atoms with van der Waals surface area (Å²) in [6.45, 7) is 11.7. The predicted octanol–water partition coefficient (Wildman–Crippen LogP) is 3.53. The van der Waals surface area contributed by atoms with Crippen LogP contribution in [0.5, 0.6) is 0 Å². The van der Waals surface area contributed by atoms with Gasteiger partial charge in [-0.25, -0.2) is 4.79 Å². The smallest absolute Gasteiger partial charge is 0.317 e. The summed E-state index contributed by atoms with van der Waals surface area (Å²) < 4.78 is 2.22. The molecule has 1 saturated carbocycles. The second kappa shape index (κ2) is 9.12. The largest absolute Gasteiger partial charge is 0.346 e. The van der Waals surface area contributed by atoms with Gasteiger partial charge in [0.2, 0.25) is 0 Å². The Labute approximate surface area is 169 Å². The first-order chi connectivity index (χ1) is 13.4. The maximum absolute atomic E-state index is 12.9. The Balaban J connectivity index is 1.49. The van der Waals surface area contributed by atoms with Gasteiger partial charge in [-0.1, -0.05) is 19.3 Å². The van der Waals surface area contributed by atoms with Crippen LogP contribution in [-0.4, -0.2) is 64.9 Å². The van der Waals surface area contributed by atoms with Crippen molar-refractivity contribution < 1.29 is 9.59 Å². The van der Waals surface area contributed by atoms with Crippen LogP contribution in [-0.2, 0) is 0 Å². The van der Waals surface area contributed by atoms with Crippen molar-refractivity contribution in [1.82, 2.24) is 19.7 Å². The third-order valence-electron chi connectivity index (χ3n) is 6.26. The summed E-state index contributed by atoms with van der Waals surface area (Å²) >= 11 is 0. The van der Waals surface area contributed by atoms with E-state index in [1.807, 2.05) is 17.9 Å². The molecule has 156 valence electrons. The molecule has 1 aromatic heterocycles. The third kappa shape index (κ3) is 4.77. The summed E-state index contributed by atoms with van der Waals surface area (Å²) in [5, 5.41) is 3.20. The lowest BCUT2D eigenvalue weighted by Gasteiger charge is -2.35. The molecule has 1 aromatic rings. The number of amides is 2. The Morgan fingerprint density at radius 3 is 2.29 bits per heavy atom. The van der Waals surface area contributed by atoms with Crippen molar-refractivity contribution in [3.63, 3.8) is 0 Å². The molecular formula is C22H36N4O2. The number of ketones is 1. The number of carbonyl (C=O) groups excluding carboxylic acids is 2. The molecule has 1 saturated heterocycles. The number of rotatable bonds is 5. The molecule has 0 spiro atoms. The van der Waals surface area contributed by atoms with Crippen molar-refractivity contribution in [3.8, 4) is 0 Å². The Morgan fingerprint density at radius 2 is 1.71 bits per heavy atom. The number of aromatic nitrogens is 1. The molecule has 6 heteroatoms. The minimum absolute atomic E-state index is 0.0679. The van der Waals surface area contributed by atoms with E-state index in [9.17, 15) is 9.59 Å². The van der Waals surface area contributed by atoms with Crippen LogP contribution >= 0.6 is 0 Å². The maximum atomic E-state index is 12.9. The van der Waals surface area contributed by atoms with Crippen LogP contribution in [0.2, 0.25) is 0 Å². The molecule has 28 heavy (non-hydrogen) atoms. The number of Topliss-reactive ketones (excluding diaryl/α,β-unsaturated/α-hetero) is 1. The van der Waals surface area contributed by atoms with E-state index >= 15 is 0 Å². The Morgan fingerprint density at radius 1 is 1.07 bits per heavy atom. The summed E-state index contributed by atoms with van der Waals surface area (Å²) in [5.41, 5.74) is 3.03. The topological polar surface area (TPSA) is 57.6 Å². The van der Waals surface area contributed by atoms with Crippen molar-refractivity contribution in [3.05, 3.63) is 23.0 Å². The summed E-state index contributed by atoms with van der Waals surface area (Å²) in [6.07, 6.45) is 5.94. The Hall–Kier alpha value is -1.82. The van der Waals surface area contributed by atoms with Gasteiger partial charge in [-0.3, -0.25) is 9.69 Å². The molecule has 0 atom stereocenters. The number of nitrogens with zero attached hydrogens (tertiary/aromatic N) is 3. The number of hydrogen-bond donors (Lipinski definition) is 1. The molecule has 2 aliphatic rings. The summed E-state index contributed by atoms with van der Waals surface area (Å²) in [4.78, 5) is 29.4. The van der Waals surface area contributed by atoms with Crippen LogP contribution < -0.4 is 5.32 Å². The Kier molecular flexibility index (Phi) is 6.81. The van der Waals surface area contributed by atoms with E-state index in [1.165, 1.54) is 19.3 Å². The van der Waals surface area contributed by atoms with Crippen LogP contribution in [0.3, 0.4) is 0 Å². The SMILES string of the molecule is Cc1cc(C(=O)CN2CCN(C(=O)NC3CCCCC3)CC2)c(C)n1C(C)C. The highest BCUT2D eigenvalue weighted by Gasteiger charge is 2.26. The average Bonchev–Trinajstić information content (AvgIpc) is 2.97. The minimum atomic E-state index is 0.0679. The molecule has 1 aliphatic heterocycles. The van der Waals surface area contributed by atoms with Crippen molar-refractivity contribution in [2.45, 2.75) is 71.9 Å². The molecule has 3 rings (SSSR count). The number of urea groups is 1. The third-order valence-corrected chi connectivity index (χ3v) is 6.26. The summed E-state index contributed by atoms with van der Waals surface area (Å²) in [7, 11) is 0. The molecule has 2 fully saturated rings. The van der Waals surface area contributed by atoms with Gasteiger partial charge in [0.05, 0.1) is 6.54 Å². The number of piperazine rings is 1. The van der Waals surface area contributed by atoms with Gasteiger partial charge in [-0.2, -0.15) is 0 Å². The molecule has 1 N–H and O–H groups in total. The van der Waals surface area contributed by atoms with Gasteiger partial charge in [-0.15, -0.1) is 0 Å². The second-order valence-corrected chi connectivity index (χ2v) is 8.72. The van der Waals surface area contributed by atoms with Crippen LogP contribution in [0.25, 0.3) is 0 Å². The van der Waals surface area contributed by atoms with Crippen molar-refractivity contribution in [1.29, 1.82) is 0 Å². The van der Waals surface area contributed by atoms with Gasteiger partial charge >= 0.3 is 6.03 Å². The normalized spacial score (nSPS) is 19.2. The number of aryl methyl sites for hydroxylation is 1. The standard InChI is InChI=1S/C22H36N4O2/c1-16(2)26-17(3)14-20(18(26)4)21(27)15-24-10-12-25(13-11-24)22(28)23-19-8-6-5-7-9-19/h14,16,19H,5-13,15H2,1-4H3,(H,23,28). The van der Waals surface area contributed by atoms with E-state index in [4.69, 9.17) is 0 Å². The zero-order chi connectivity index (χ0) is 20.3. The molecule has 0 radical (unpaired) electrons. The van der Waals surface area contributed by atoms with E-state index in [0.29, 0.717) is 31.7 Å². The van der Waals surface area contributed by atoms with Gasteiger partial charge in [0.15, 0.2) is 5.78 Å². The monoisotopic (exact) mass is 388 g/mol. The first kappa shape index (κ1) is 20.9. The fourth-order valence-corrected chi connectivity index (χ4v) is 4.76. The molecule has 2 amide bonds. The quantitative estimate of drug-likeness (QED) is 0.785. The summed E-state index contributed by atoms with van der Waals surface area (Å²) in [5.74, 6) is 0.181. The number of nitrogens with one attached hydrogen (secondary N) is 1. The van der Waals surface area contributed by atoms with Crippen LogP contribution in [0, 0.1) is 13.8 Å². The predicted molar refractivity (Wildman–Crippen MR) is 112 cm³/mol. The van der Waals surface area contributed by atoms with Crippen LogP contribution in [0.1, 0.15) is 73.7 Å². The molecule has 0 aromatic carbocycles. The zero-order valence-corrected chi connectivity index (χ0v) is 18.0. The van der Waals surface area contributed by atoms with Crippen molar-refractivity contribution in [2.75, 3.05) is 32.7 Å². The van der Waals surface area contributed by atoms with Crippen LogP contribution in [0.15, 0.2) is 6.07 Å². The first-order valence-electron chi connectivity index (χ1n) is 10.9. The minimum Gasteiger partial charge on any atom is -0.346 e. The molecule has 6 nitrogen and oxygen atoms in total. The van der Waals surface area contributed by atoms with E-state index in [-0.39, 0.29) is 11.8 Å². The maximum Gasteiger partial charge on any atom is 0.317 e. The van der Waals surface area contributed by atoms with Crippen molar-refractivity contribution >= 4 is 11.8 Å². The zero-order valence-electron chi connectivity index (χ0n) is 18.0. The lowest BCUT2D eigenvalue weighted by atomic mass is 9.96. The first-order valence-corrected chi connectivity index (χ1v) is 10.9. The van der Waals surface area contributed by atoms with E-state index in [1.54, 1.807) is 0 Å². The molecule has 0 unspecified atom stereocenters. The summed E-state index contributed by atoms with van der Waals surface area (Å²) in [6, 6.07) is 2.79. The molecule has 0 bridgehead atoms. The van der Waals surface area contributed by atoms with E-state index in [2.05, 4.69) is 35.6 Å². The molecule has 1 aliphatic carbocycles. The number of carbonyl (C=O) groups is 2. The highest BCUT2D eigenvalue weighted by molar-refractivity contribution is 5.99. The second-order valence-electron chi connectivity index (χ2n) is 8.72. The van der Waals surface area contributed by atoms with Gasteiger partial charge in [0.25, 0.3) is 0 Å². The highest BCUT2D eigenvalue weighted by Crippen LogP contribution is 2.21. The van der Waals surface area contributed by atoms with Gasteiger partial charge in [0, 0.05) is 55.2 Å². The van der Waals surface area contributed by atoms with E-state index < -0.39 is 0 Å². The lowest BCUT2D eigenvalue weighted by Crippen LogP contribution is -2.54. The Bertz CT molecular complexity index is 696. The van der Waals surface area contributed by atoms with Gasteiger partial charge < -0.3 is 14.8 Å². The lowest BCUT2D eigenvalue weighted by molar-refractivity contribution is 0.0875. The molecular weight excluding hydrogens is 352 g/mol. The van der Waals surface area contributed by atoms with E-state index in [0.717, 1.165) is 42.9 Å². The number of hydrogen-bond acceptors (Lipinski definition) is 3. The van der Waals surface area contributed by atoms with Gasteiger partial charge in [0.1, 0.15) is 0 Å². The fourth-order valence-electron chi connectivity index (χ4n) is 4.76. The molecule has 2 heterocycles. The highest BCUT2D eigenvalue weighted by atomic mass is 16.2. The fraction of sp³-hybridized carbons (Fsp3) is 0.727. The van der Waals surface area contributed by atoms with Gasteiger partial charge in [-0.05, 0) is 46.6 Å².